The van der Waals surface area contributed by atoms with E-state index in [9.17, 15) is 68.1 Å². The lowest BCUT2D eigenvalue weighted by atomic mass is 9.94. The maximum atomic E-state index is 12.5. The molecule has 0 radical (unpaired) electrons. The van der Waals surface area contributed by atoms with Crippen molar-refractivity contribution in [3.8, 4) is 0 Å². The van der Waals surface area contributed by atoms with E-state index in [2.05, 4.69) is 21.3 Å². The highest BCUT2D eigenvalue weighted by molar-refractivity contribution is 5.87. The first kappa shape index (κ1) is 72.6. The predicted molar refractivity (Wildman–Crippen MR) is 288 cm³/mol. The van der Waals surface area contributed by atoms with E-state index in [0.29, 0.717) is 25.8 Å². The predicted octanol–water partition coefficient (Wildman–Crippen LogP) is 5.60. The largest absolute Gasteiger partial charge is 0.481 e. The fourth-order valence-electron chi connectivity index (χ4n) is 8.02. The molecule has 450 valence electrons. The summed E-state index contributed by atoms with van der Waals surface area (Å²) in [4.78, 5) is 131. The maximum Gasteiger partial charge on any atom is 0.326 e. The summed E-state index contributed by atoms with van der Waals surface area (Å²) in [6.45, 7) is 4.05. The van der Waals surface area contributed by atoms with Crippen molar-refractivity contribution in [1.29, 1.82) is 0 Å². The summed E-state index contributed by atoms with van der Waals surface area (Å²) >= 11 is 0. The fraction of sp³-hybridized carbons (Fsp3) is 0.800. The summed E-state index contributed by atoms with van der Waals surface area (Å²) in [6, 6.07) is -1.37. The van der Waals surface area contributed by atoms with Crippen LogP contribution in [0, 0.1) is 17.8 Å². The van der Waals surface area contributed by atoms with E-state index < -0.39 is 78.3 Å². The molecule has 0 aromatic carbocycles. The van der Waals surface area contributed by atoms with Gasteiger partial charge >= 0.3 is 23.9 Å². The van der Waals surface area contributed by atoms with Crippen LogP contribution in [0.15, 0.2) is 0 Å². The van der Waals surface area contributed by atoms with E-state index in [4.69, 9.17) is 24.1 Å². The third-order valence-electron chi connectivity index (χ3n) is 12.9. The molecule has 0 aromatic rings. The lowest BCUT2D eigenvalue weighted by Gasteiger charge is -2.16. The Kier molecular flexibility index (Phi) is 45.3. The summed E-state index contributed by atoms with van der Waals surface area (Å²) in [5.74, 6) is -9.12. The molecule has 0 bridgehead atoms. The van der Waals surface area contributed by atoms with Gasteiger partial charge in [-0.15, -0.1) is 0 Å². The molecule has 0 saturated heterocycles. The minimum atomic E-state index is -1.37. The summed E-state index contributed by atoms with van der Waals surface area (Å²) in [5.41, 5.74) is 0. The van der Waals surface area contributed by atoms with Crippen molar-refractivity contribution in [2.75, 3.05) is 72.5 Å². The zero-order valence-electron chi connectivity index (χ0n) is 46.6. The molecular formula is C55H96N4O19. The number of amides is 4. The van der Waals surface area contributed by atoms with Gasteiger partial charge in [0.05, 0.1) is 51.5 Å². The van der Waals surface area contributed by atoms with Gasteiger partial charge in [-0.2, -0.15) is 0 Å². The van der Waals surface area contributed by atoms with Gasteiger partial charge in [0.1, 0.15) is 30.8 Å². The number of aliphatic carboxylic acids is 4. The zero-order chi connectivity index (χ0) is 58.2. The Morgan fingerprint density at radius 2 is 0.821 bits per heavy atom. The average Bonchev–Trinajstić information content (AvgIpc) is 3.38. The van der Waals surface area contributed by atoms with Crippen molar-refractivity contribution in [2.24, 2.45) is 17.8 Å². The summed E-state index contributed by atoms with van der Waals surface area (Å²) in [7, 11) is 0. The van der Waals surface area contributed by atoms with Crippen LogP contribution in [0.3, 0.4) is 0 Å². The van der Waals surface area contributed by atoms with Gasteiger partial charge in [-0.3, -0.25) is 47.9 Å². The number of unbranched alkanes of at least 4 members (excludes halogenated alkanes) is 14. The molecule has 4 atom stereocenters. The second-order valence-electron chi connectivity index (χ2n) is 19.9. The van der Waals surface area contributed by atoms with Crippen molar-refractivity contribution in [3.63, 3.8) is 0 Å². The Balaban J connectivity index is 0. The van der Waals surface area contributed by atoms with Crippen molar-refractivity contribution < 1.29 is 93.5 Å². The number of carbonyl (C=O) groups excluding carboxylic acids is 7. The molecule has 0 unspecified atom stereocenters. The van der Waals surface area contributed by atoms with Crippen LogP contribution < -0.4 is 21.3 Å². The fourth-order valence-corrected chi connectivity index (χ4v) is 8.02. The summed E-state index contributed by atoms with van der Waals surface area (Å²) in [6.07, 6.45) is 16.2. The van der Waals surface area contributed by atoms with Gasteiger partial charge in [0.2, 0.25) is 23.6 Å². The Morgan fingerprint density at radius 1 is 0.397 bits per heavy atom. The molecule has 0 aliphatic carbocycles. The molecule has 0 aromatic heterocycles. The lowest BCUT2D eigenvalue weighted by Crippen LogP contribution is -2.42. The second kappa shape index (κ2) is 48.7. The van der Waals surface area contributed by atoms with Gasteiger partial charge in [-0.1, -0.05) is 90.4 Å². The number of rotatable bonds is 56. The molecule has 0 aliphatic heterocycles. The van der Waals surface area contributed by atoms with Crippen LogP contribution in [0.25, 0.3) is 0 Å². The molecule has 0 saturated carbocycles. The van der Waals surface area contributed by atoms with Crippen molar-refractivity contribution >= 4 is 64.9 Å². The van der Waals surface area contributed by atoms with Gasteiger partial charge < -0.3 is 60.6 Å². The molecule has 8 N–H and O–H groups in total. The first-order valence-corrected chi connectivity index (χ1v) is 28.2. The number of carboxylic acid groups (broad SMARTS) is 4. The van der Waals surface area contributed by atoms with Crippen LogP contribution in [0.5, 0.6) is 0 Å². The standard InChI is InChI=1S/C55H94N4O19.H2/c1-41(42(2)60)19-17-18-28-56-49(64)27-24-47(55(73)74)59-50(65)26-23-44(54(71)72)38-46(62)39-77-35-33-76-32-30-58-51(66)40-78-36-34-75-31-29-57-48(63)25-22-43(53(69)70)37-45(61)20-15-13-11-9-7-5-3-4-6-8-10-12-14-16-21-52(67)68;/h41,43-44,47H,3-40H2,1-2H3,(H,56,64)(H,57,63)(H,58,66)(H,59,65)(H,67,68)(H,69,70)(H,71,72)(H,73,74);1H/t41-,43+,44+,47-;/m0./s1. The highest BCUT2D eigenvalue weighted by atomic mass is 16.5. The van der Waals surface area contributed by atoms with E-state index in [0.717, 1.165) is 57.8 Å². The molecule has 0 fully saturated rings. The summed E-state index contributed by atoms with van der Waals surface area (Å²) < 4.78 is 21.3. The Labute approximate surface area is 462 Å². The van der Waals surface area contributed by atoms with Gasteiger partial charge in [0, 0.05) is 71.9 Å². The highest BCUT2D eigenvalue weighted by Gasteiger charge is 2.26. The third kappa shape index (κ3) is 45.6. The topological polar surface area (TPSA) is 354 Å². The molecule has 0 rings (SSSR count). The lowest BCUT2D eigenvalue weighted by molar-refractivity contribution is -0.145. The number of ether oxygens (including phenoxy) is 4. The van der Waals surface area contributed by atoms with E-state index in [1.165, 1.54) is 45.4 Å². The van der Waals surface area contributed by atoms with E-state index in [1.54, 1.807) is 0 Å². The smallest absolute Gasteiger partial charge is 0.326 e. The van der Waals surface area contributed by atoms with Crippen molar-refractivity contribution in [2.45, 2.75) is 193 Å². The minimum absolute atomic E-state index is 0. The zero-order valence-corrected chi connectivity index (χ0v) is 46.6. The summed E-state index contributed by atoms with van der Waals surface area (Å²) in [5, 5.41) is 47.6. The minimum Gasteiger partial charge on any atom is -0.481 e. The van der Waals surface area contributed by atoms with Crippen LogP contribution in [-0.4, -0.2) is 164 Å². The Morgan fingerprint density at radius 3 is 1.31 bits per heavy atom. The monoisotopic (exact) mass is 1120 g/mol. The molecule has 23 heteroatoms. The van der Waals surface area contributed by atoms with E-state index in [-0.39, 0.29) is 136 Å². The third-order valence-corrected chi connectivity index (χ3v) is 12.9. The molecule has 0 heterocycles. The van der Waals surface area contributed by atoms with E-state index in [1.807, 2.05) is 6.92 Å². The van der Waals surface area contributed by atoms with Gasteiger partial charge in [-0.05, 0) is 51.9 Å². The number of hydrogen-bond donors (Lipinski definition) is 8. The van der Waals surface area contributed by atoms with Gasteiger partial charge in [0.25, 0.3) is 0 Å². The van der Waals surface area contributed by atoms with Gasteiger partial charge in [-0.25, -0.2) is 4.79 Å². The second-order valence-corrected chi connectivity index (χ2v) is 19.9. The van der Waals surface area contributed by atoms with Crippen molar-refractivity contribution in [1.82, 2.24) is 21.3 Å². The average molecular weight is 1120 g/mol. The van der Waals surface area contributed by atoms with Crippen LogP contribution in [0.4, 0.5) is 0 Å². The number of nitrogens with one attached hydrogen (secondary N) is 4. The maximum absolute atomic E-state index is 12.5. The molecule has 78 heavy (non-hydrogen) atoms. The number of hydrogen-bond acceptors (Lipinski definition) is 15. The number of Topliss-reactive ketones (excluding diaryl/α,β-unsaturated/α-hetero) is 3. The quantitative estimate of drug-likeness (QED) is 0.0344. The van der Waals surface area contributed by atoms with Crippen molar-refractivity contribution in [3.05, 3.63) is 0 Å². The highest BCUT2D eigenvalue weighted by Crippen LogP contribution is 2.18. The molecule has 0 aliphatic rings. The SMILES string of the molecule is CC(=O)[C@@H](C)CCCCNC(=O)CC[C@H](NC(=O)CC[C@H](CC(=O)COCCOCCNC(=O)COCCOCCNC(=O)CC[C@H](CC(=O)CCCCCCCCCCCCCCCCC(=O)O)C(=O)O)C(=O)O)C(=O)O.[HH]. The van der Waals surface area contributed by atoms with Crippen LogP contribution >= 0.6 is 0 Å². The first-order chi connectivity index (χ1) is 37.3. The molecule has 0 spiro atoms. The first-order valence-electron chi connectivity index (χ1n) is 28.2. The number of carboxylic acids is 4. The van der Waals surface area contributed by atoms with Gasteiger partial charge in [0.15, 0.2) is 5.78 Å². The van der Waals surface area contributed by atoms with E-state index >= 15 is 0 Å². The Hall–Kier alpha value is -5.39. The Bertz CT molecular complexity index is 1770. The number of carbonyl (C=O) groups is 11. The molecular weight excluding hydrogens is 1020 g/mol. The molecule has 23 nitrogen and oxygen atoms in total. The number of ketones is 3. The normalized spacial score (nSPS) is 12.6. The van der Waals surface area contributed by atoms with Crippen LogP contribution in [0.2, 0.25) is 0 Å². The van der Waals surface area contributed by atoms with Crippen LogP contribution in [-0.2, 0) is 71.7 Å². The van der Waals surface area contributed by atoms with Crippen LogP contribution in [0.1, 0.15) is 189 Å². The molecule has 4 amide bonds.